The van der Waals surface area contributed by atoms with Crippen LogP contribution in [0.15, 0.2) is 22.7 Å². The number of nitrogens with zero attached hydrogens (tertiary/aromatic N) is 2. The summed E-state index contributed by atoms with van der Waals surface area (Å²) in [5.41, 5.74) is 1.11. The van der Waals surface area contributed by atoms with Crippen molar-refractivity contribution < 1.29 is 10.0 Å². The Hall–Kier alpha value is -0.980. The van der Waals surface area contributed by atoms with Gasteiger partial charge in [-0.3, -0.25) is 15.0 Å². The molecule has 6 heteroatoms. The first kappa shape index (κ1) is 14.4. The molecule has 5 nitrogen and oxygen atoms in total. The van der Waals surface area contributed by atoms with E-state index in [0.29, 0.717) is 6.54 Å². The van der Waals surface area contributed by atoms with Crippen molar-refractivity contribution in [3.05, 3.63) is 38.3 Å². The Morgan fingerprint density at radius 2 is 2.26 bits per heavy atom. The average molecular weight is 329 g/mol. The molecule has 1 heterocycles. The van der Waals surface area contributed by atoms with Gasteiger partial charge in [-0.15, -0.1) is 0 Å². The first-order valence-electron chi connectivity index (χ1n) is 6.39. The highest BCUT2D eigenvalue weighted by Gasteiger charge is 2.22. The van der Waals surface area contributed by atoms with Crippen molar-refractivity contribution in [3.8, 4) is 0 Å². The standard InChI is InChI=1S/C13H17BrN2O3/c14-13-7-11(16(18)19)5-4-10(13)8-15-6-2-1-3-12(15)9-17/h4-5,7,12,17H,1-3,6,8-9H2. The Labute approximate surface area is 120 Å². The number of rotatable bonds is 4. The lowest BCUT2D eigenvalue weighted by atomic mass is 10.0. The molecule has 1 aliphatic rings. The van der Waals surface area contributed by atoms with Gasteiger partial charge in [-0.25, -0.2) is 0 Å². The predicted octanol–water partition coefficient (Wildman–Crippen LogP) is 2.70. The van der Waals surface area contributed by atoms with Crippen LogP contribution in [0.1, 0.15) is 24.8 Å². The number of halogens is 1. The summed E-state index contributed by atoms with van der Waals surface area (Å²) in [4.78, 5) is 12.5. The van der Waals surface area contributed by atoms with E-state index in [2.05, 4.69) is 20.8 Å². The third-order valence-electron chi connectivity index (χ3n) is 3.58. The fourth-order valence-electron chi connectivity index (χ4n) is 2.47. The number of nitro groups is 1. The average Bonchev–Trinajstić information content (AvgIpc) is 2.41. The minimum Gasteiger partial charge on any atom is -0.395 e. The zero-order valence-corrected chi connectivity index (χ0v) is 12.2. The summed E-state index contributed by atoms with van der Waals surface area (Å²) >= 11 is 3.39. The number of aliphatic hydroxyl groups excluding tert-OH is 1. The summed E-state index contributed by atoms with van der Waals surface area (Å²) in [6.45, 7) is 1.85. The molecule has 0 radical (unpaired) electrons. The van der Waals surface area contributed by atoms with Crippen molar-refractivity contribution in [1.82, 2.24) is 4.90 Å². The Kier molecular flexibility index (Phi) is 4.90. The summed E-state index contributed by atoms with van der Waals surface area (Å²) in [6.07, 6.45) is 3.31. The molecule has 0 spiro atoms. The molecule has 1 aliphatic heterocycles. The van der Waals surface area contributed by atoms with Crippen LogP contribution < -0.4 is 0 Å². The third kappa shape index (κ3) is 3.52. The maximum absolute atomic E-state index is 10.7. The molecule has 0 saturated carbocycles. The molecule has 0 amide bonds. The summed E-state index contributed by atoms with van der Waals surface area (Å²) in [5, 5.41) is 20.1. The molecule has 0 aliphatic carbocycles. The van der Waals surface area contributed by atoms with Crippen molar-refractivity contribution in [2.24, 2.45) is 0 Å². The van der Waals surface area contributed by atoms with Crippen LogP contribution >= 0.6 is 15.9 Å². The quantitative estimate of drug-likeness (QED) is 0.681. The highest BCUT2D eigenvalue weighted by Crippen LogP contribution is 2.26. The lowest BCUT2D eigenvalue weighted by molar-refractivity contribution is -0.384. The molecule has 0 aromatic heterocycles. The number of benzene rings is 1. The molecular weight excluding hydrogens is 312 g/mol. The molecule has 0 bridgehead atoms. The van der Waals surface area contributed by atoms with Gasteiger partial charge in [0.25, 0.3) is 5.69 Å². The van der Waals surface area contributed by atoms with Gasteiger partial charge in [0.15, 0.2) is 0 Å². The second-order valence-electron chi connectivity index (χ2n) is 4.84. The molecular formula is C13H17BrN2O3. The molecule has 1 saturated heterocycles. The van der Waals surface area contributed by atoms with Crippen LogP contribution in [0.3, 0.4) is 0 Å². The first-order chi connectivity index (χ1) is 9.11. The predicted molar refractivity (Wildman–Crippen MR) is 75.9 cm³/mol. The van der Waals surface area contributed by atoms with Crippen molar-refractivity contribution >= 4 is 21.6 Å². The van der Waals surface area contributed by atoms with E-state index in [0.717, 1.165) is 35.8 Å². The number of aliphatic hydroxyl groups is 1. The van der Waals surface area contributed by atoms with Gasteiger partial charge in [0, 0.05) is 29.2 Å². The number of hydrogen-bond acceptors (Lipinski definition) is 4. The highest BCUT2D eigenvalue weighted by molar-refractivity contribution is 9.10. The molecule has 19 heavy (non-hydrogen) atoms. The third-order valence-corrected chi connectivity index (χ3v) is 4.32. The summed E-state index contributed by atoms with van der Waals surface area (Å²) < 4.78 is 0.754. The van der Waals surface area contributed by atoms with E-state index in [1.807, 2.05) is 0 Å². The summed E-state index contributed by atoms with van der Waals surface area (Å²) in [7, 11) is 0. The van der Waals surface area contributed by atoms with Crippen LogP contribution in [0, 0.1) is 10.1 Å². The lowest BCUT2D eigenvalue weighted by Crippen LogP contribution is -2.41. The summed E-state index contributed by atoms with van der Waals surface area (Å²) in [5.74, 6) is 0. The van der Waals surface area contributed by atoms with E-state index in [1.165, 1.54) is 12.1 Å². The molecule has 1 fully saturated rings. The van der Waals surface area contributed by atoms with Crippen LogP contribution in [-0.4, -0.2) is 34.1 Å². The maximum Gasteiger partial charge on any atom is 0.270 e. The first-order valence-corrected chi connectivity index (χ1v) is 7.19. The van der Waals surface area contributed by atoms with Gasteiger partial charge < -0.3 is 5.11 Å². The number of nitro benzene ring substituents is 1. The molecule has 1 aromatic carbocycles. The SMILES string of the molecule is O=[N+]([O-])c1ccc(CN2CCCCC2CO)c(Br)c1. The van der Waals surface area contributed by atoms with E-state index in [-0.39, 0.29) is 18.3 Å². The number of likely N-dealkylation sites (tertiary alicyclic amines) is 1. The maximum atomic E-state index is 10.7. The smallest absolute Gasteiger partial charge is 0.270 e. The Morgan fingerprint density at radius 1 is 1.47 bits per heavy atom. The Balaban J connectivity index is 2.11. The van der Waals surface area contributed by atoms with Crippen LogP contribution in [0.25, 0.3) is 0 Å². The van der Waals surface area contributed by atoms with Crippen molar-refractivity contribution in [2.75, 3.05) is 13.2 Å². The number of non-ortho nitro benzene ring substituents is 1. The molecule has 2 rings (SSSR count). The lowest BCUT2D eigenvalue weighted by Gasteiger charge is -2.34. The van der Waals surface area contributed by atoms with Crippen LogP contribution in [0.2, 0.25) is 0 Å². The molecule has 1 N–H and O–H groups in total. The van der Waals surface area contributed by atoms with Gasteiger partial charge in [-0.05, 0) is 31.0 Å². The Morgan fingerprint density at radius 3 is 2.89 bits per heavy atom. The zero-order chi connectivity index (χ0) is 13.8. The van der Waals surface area contributed by atoms with Crippen molar-refractivity contribution in [2.45, 2.75) is 31.8 Å². The normalized spacial score (nSPS) is 20.4. The number of piperidine rings is 1. The van der Waals surface area contributed by atoms with Crippen LogP contribution in [0.5, 0.6) is 0 Å². The van der Waals surface area contributed by atoms with Gasteiger partial charge in [0.05, 0.1) is 11.5 Å². The number of hydrogen-bond donors (Lipinski definition) is 1. The van der Waals surface area contributed by atoms with Crippen LogP contribution in [0.4, 0.5) is 5.69 Å². The summed E-state index contributed by atoms with van der Waals surface area (Å²) in [6, 6.07) is 5.05. The Bertz CT molecular complexity index is 467. The van der Waals surface area contributed by atoms with E-state index in [1.54, 1.807) is 6.07 Å². The minimum atomic E-state index is -0.397. The zero-order valence-electron chi connectivity index (χ0n) is 10.6. The molecule has 104 valence electrons. The van der Waals surface area contributed by atoms with E-state index >= 15 is 0 Å². The second-order valence-corrected chi connectivity index (χ2v) is 5.69. The monoisotopic (exact) mass is 328 g/mol. The van der Waals surface area contributed by atoms with E-state index < -0.39 is 4.92 Å². The van der Waals surface area contributed by atoms with Crippen LogP contribution in [-0.2, 0) is 6.54 Å². The van der Waals surface area contributed by atoms with Gasteiger partial charge in [-0.2, -0.15) is 0 Å². The highest BCUT2D eigenvalue weighted by atomic mass is 79.9. The largest absolute Gasteiger partial charge is 0.395 e. The van der Waals surface area contributed by atoms with E-state index in [4.69, 9.17) is 0 Å². The van der Waals surface area contributed by atoms with Gasteiger partial charge in [0.2, 0.25) is 0 Å². The second kappa shape index (κ2) is 6.45. The molecule has 1 aromatic rings. The van der Waals surface area contributed by atoms with Gasteiger partial charge >= 0.3 is 0 Å². The topological polar surface area (TPSA) is 66.6 Å². The van der Waals surface area contributed by atoms with Gasteiger partial charge in [0.1, 0.15) is 0 Å². The molecule has 1 atom stereocenters. The van der Waals surface area contributed by atoms with E-state index in [9.17, 15) is 15.2 Å². The van der Waals surface area contributed by atoms with Crippen molar-refractivity contribution in [1.29, 1.82) is 0 Å². The van der Waals surface area contributed by atoms with Crippen molar-refractivity contribution in [3.63, 3.8) is 0 Å². The minimum absolute atomic E-state index is 0.0907. The van der Waals surface area contributed by atoms with Gasteiger partial charge in [-0.1, -0.05) is 22.4 Å². The fraction of sp³-hybridized carbons (Fsp3) is 0.538. The molecule has 1 unspecified atom stereocenters. The fourth-order valence-corrected chi connectivity index (χ4v) is 2.96.